The fourth-order valence-corrected chi connectivity index (χ4v) is 2.76. The van der Waals surface area contributed by atoms with Crippen LogP contribution in [0.1, 0.15) is 18.1 Å². The molecule has 0 aromatic heterocycles. The van der Waals surface area contributed by atoms with Crippen LogP contribution in [0.5, 0.6) is 5.75 Å². The van der Waals surface area contributed by atoms with Crippen LogP contribution >= 0.6 is 0 Å². The molecule has 1 saturated heterocycles. The Labute approximate surface area is 117 Å². The zero-order chi connectivity index (χ0) is 14.1. The highest BCUT2D eigenvalue weighted by atomic mass is 16.5. The van der Waals surface area contributed by atoms with E-state index in [1.807, 2.05) is 36.4 Å². The summed E-state index contributed by atoms with van der Waals surface area (Å²) in [6.07, 6.45) is -0.931. The number of fused-ring (bicyclic) bond motifs is 1. The van der Waals surface area contributed by atoms with E-state index in [-0.39, 0.29) is 12.7 Å². The molecule has 2 aromatic rings. The maximum atomic E-state index is 9.87. The van der Waals surface area contributed by atoms with Crippen LogP contribution in [0, 0.1) is 0 Å². The number of hydrogen-bond donors (Lipinski definition) is 2. The van der Waals surface area contributed by atoms with Gasteiger partial charge in [0.05, 0.1) is 25.9 Å². The van der Waals surface area contributed by atoms with E-state index in [1.165, 1.54) is 0 Å². The molecule has 3 rings (SSSR count). The molecule has 2 N–H and O–H groups in total. The Morgan fingerprint density at radius 3 is 2.55 bits per heavy atom. The van der Waals surface area contributed by atoms with Crippen LogP contribution in [0.4, 0.5) is 0 Å². The van der Waals surface area contributed by atoms with Crippen molar-refractivity contribution in [3.63, 3.8) is 0 Å². The fourth-order valence-electron chi connectivity index (χ4n) is 2.76. The van der Waals surface area contributed by atoms with E-state index in [4.69, 9.17) is 9.47 Å². The van der Waals surface area contributed by atoms with Gasteiger partial charge in [-0.2, -0.15) is 0 Å². The van der Waals surface area contributed by atoms with Crippen molar-refractivity contribution in [1.82, 2.24) is 0 Å². The number of methoxy groups -OCH3 is 1. The van der Waals surface area contributed by atoms with Gasteiger partial charge < -0.3 is 19.7 Å². The minimum atomic E-state index is -0.638. The van der Waals surface area contributed by atoms with Crippen molar-refractivity contribution in [2.45, 2.75) is 24.7 Å². The summed E-state index contributed by atoms with van der Waals surface area (Å²) in [6.45, 7) is -0.173. The number of ether oxygens (including phenoxy) is 2. The lowest BCUT2D eigenvalue weighted by molar-refractivity contribution is -0.0230. The summed E-state index contributed by atoms with van der Waals surface area (Å²) in [4.78, 5) is 0. The van der Waals surface area contributed by atoms with E-state index in [0.717, 1.165) is 22.1 Å². The van der Waals surface area contributed by atoms with Gasteiger partial charge in [-0.3, -0.25) is 0 Å². The van der Waals surface area contributed by atoms with Crippen molar-refractivity contribution in [3.05, 3.63) is 42.0 Å². The molecule has 20 heavy (non-hydrogen) atoms. The number of aliphatic hydroxyl groups excluding tert-OH is 2. The van der Waals surface area contributed by atoms with Crippen LogP contribution in [-0.2, 0) is 4.74 Å². The molecule has 0 spiro atoms. The standard InChI is InChI=1S/C16H18O4/c1-19-14-7-11-5-3-2-4-10(11)6-12(14)15-8-13(18)16(9-17)20-15/h2-7,13,15-18H,8-9H2,1H3/t13?,15-,16?/m1/s1. The molecule has 0 radical (unpaired) electrons. The lowest BCUT2D eigenvalue weighted by Crippen LogP contribution is -2.24. The van der Waals surface area contributed by atoms with Crippen molar-refractivity contribution >= 4 is 10.8 Å². The first kappa shape index (κ1) is 13.4. The molecule has 1 aliphatic rings. The molecule has 0 aliphatic carbocycles. The Kier molecular flexibility index (Phi) is 3.61. The van der Waals surface area contributed by atoms with Crippen LogP contribution in [-0.4, -0.2) is 36.1 Å². The molecule has 2 unspecified atom stereocenters. The molecule has 1 heterocycles. The highest BCUT2D eigenvalue weighted by Crippen LogP contribution is 2.39. The van der Waals surface area contributed by atoms with Crippen LogP contribution in [0.3, 0.4) is 0 Å². The largest absolute Gasteiger partial charge is 0.496 e. The average molecular weight is 274 g/mol. The third-order valence-electron chi connectivity index (χ3n) is 3.85. The molecule has 0 saturated carbocycles. The SMILES string of the molecule is COc1cc2ccccc2cc1[C@H]1CC(O)C(CO)O1. The molecule has 4 heteroatoms. The number of aliphatic hydroxyl groups is 2. The van der Waals surface area contributed by atoms with Crippen molar-refractivity contribution < 1.29 is 19.7 Å². The van der Waals surface area contributed by atoms with Gasteiger partial charge in [-0.15, -0.1) is 0 Å². The van der Waals surface area contributed by atoms with E-state index >= 15 is 0 Å². The van der Waals surface area contributed by atoms with E-state index in [0.29, 0.717) is 6.42 Å². The zero-order valence-electron chi connectivity index (χ0n) is 11.3. The summed E-state index contributed by atoms with van der Waals surface area (Å²) in [5.41, 5.74) is 0.918. The van der Waals surface area contributed by atoms with Gasteiger partial charge in [0.1, 0.15) is 11.9 Å². The molecule has 106 valence electrons. The van der Waals surface area contributed by atoms with E-state index in [9.17, 15) is 10.2 Å². The Balaban J connectivity index is 2.02. The quantitative estimate of drug-likeness (QED) is 0.899. The highest BCUT2D eigenvalue weighted by Gasteiger charge is 2.35. The van der Waals surface area contributed by atoms with Crippen LogP contribution in [0.25, 0.3) is 10.8 Å². The summed E-state index contributed by atoms with van der Waals surface area (Å²) >= 11 is 0. The first-order chi connectivity index (χ1) is 9.72. The minimum Gasteiger partial charge on any atom is -0.496 e. The molecular formula is C16H18O4. The smallest absolute Gasteiger partial charge is 0.125 e. The molecular weight excluding hydrogens is 256 g/mol. The van der Waals surface area contributed by atoms with Gasteiger partial charge in [0.15, 0.2) is 0 Å². The summed E-state index contributed by atoms with van der Waals surface area (Å²) in [5.74, 6) is 0.750. The summed E-state index contributed by atoms with van der Waals surface area (Å²) in [6, 6.07) is 12.0. The molecule has 0 amide bonds. The Morgan fingerprint density at radius 1 is 1.25 bits per heavy atom. The lowest BCUT2D eigenvalue weighted by atomic mass is 9.99. The summed E-state index contributed by atoms with van der Waals surface area (Å²) in [7, 11) is 1.63. The second-order valence-corrected chi connectivity index (χ2v) is 5.09. The van der Waals surface area contributed by atoms with E-state index in [1.54, 1.807) is 7.11 Å². The predicted octanol–water partition coefficient (Wildman–Crippen LogP) is 2.03. The van der Waals surface area contributed by atoms with E-state index < -0.39 is 12.2 Å². The number of rotatable bonds is 3. The number of hydrogen-bond acceptors (Lipinski definition) is 4. The molecule has 0 bridgehead atoms. The molecule has 1 fully saturated rings. The van der Waals surface area contributed by atoms with Crippen molar-refractivity contribution in [1.29, 1.82) is 0 Å². The van der Waals surface area contributed by atoms with Gasteiger partial charge in [-0.05, 0) is 22.9 Å². The Morgan fingerprint density at radius 2 is 1.95 bits per heavy atom. The number of benzene rings is 2. The van der Waals surface area contributed by atoms with Crippen molar-refractivity contribution in [3.8, 4) is 5.75 Å². The fraction of sp³-hybridized carbons (Fsp3) is 0.375. The molecule has 4 nitrogen and oxygen atoms in total. The van der Waals surface area contributed by atoms with Crippen molar-refractivity contribution in [2.24, 2.45) is 0 Å². The molecule has 3 atom stereocenters. The molecule has 1 aliphatic heterocycles. The maximum Gasteiger partial charge on any atom is 0.125 e. The predicted molar refractivity (Wildman–Crippen MR) is 75.8 cm³/mol. The van der Waals surface area contributed by atoms with Crippen molar-refractivity contribution in [2.75, 3.05) is 13.7 Å². The van der Waals surface area contributed by atoms with Crippen LogP contribution in [0.2, 0.25) is 0 Å². The van der Waals surface area contributed by atoms with E-state index in [2.05, 4.69) is 0 Å². The monoisotopic (exact) mass is 274 g/mol. The lowest BCUT2D eigenvalue weighted by Gasteiger charge is -2.16. The summed E-state index contributed by atoms with van der Waals surface area (Å²) < 4.78 is 11.2. The van der Waals surface area contributed by atoms with Gasteiger partial charge in [-0.1, -0.05) is 24.3 Å². The van der Waals surface area contributed by atoms with Gasteiger partial charge in [-0.25, -0.2) is 0 Å². The van der Waals surface area contributed by atoms with Crippen LogP contribution < -0.4 is 4.74 Å². The average Bonchev–Trinajstić information content (AvgIpc) is 2.86. The summed E-state index contributed by atoms with van der Waals surface area (Å²) in [5, 5.41) is 21.3. The Hall–Kier alpha value is -1.62. The second kappa shape index (κ2) is 5.40. The third-order valence-corrected chi connectivity index (χ3v) is 3.85. The first-order valence-corrected chi connectivity index (χ1v) is 6.74. The Bertz CT molecular complexity index is 610. The van der Waals surface area contributed by atoms with Gasteiger partial charge in [0.25, 0.3) is 0 Å². The zero-order valence-corrected chi connectivity index (χ0v) is 11.3. The molecule has 2 aromatic carbocycles. The van der Waals surface area contributed by atoms with Gasteiger partial charge >= 0.3 is 0 Å². The van der Waals surface area contributed by atoms with Crippen LogP contribution in [0.15, 0.2) is 36.4 Å². The third kappa shape index (κ3) is 2.26. The maximum absolute atomic E-state index is 9.87. The highest BCUT2D eigenvalue weighted by molar-refractivity contribution is 5.85. The minimum absolute atomic E-state index is 0.173. The topological polar surface area (TPSA) is 58.9 Å². The first-order valence-electron chi connectivity index (χ1n) is 6.74. The second-order valence-electron chi connectivity index (χ2n) is 5.09. The van der Waals surface area contributed by atoms with Gasteiger partial charge in [0, 0.05) is 12.0 Å². The normalized spacial score (nSPS) is 26.1. The van der Waals surface area contributed by atoms with Gasteiger partial charge in [0.2, 0.25) is 0 Å².